The van der Waals surface area contributed by atoms with Crippen molar-refractivity contribution < 1.29 is 19.1 Å². The number of carbonyl (C=O) groups excluding carboxylic acids is 2. The van der Waals surface area contributed by atoms with E-state index in [9.17, 15) is 9.59 Å². The lowest BCUT2D eigenvalue weighted by Gasteiger charge is -2.09. The molecule has 0 amide bonds. The van der Waals surface area contributed by atoms with Crippen LogP contribution in [-0.2, 0) is 14.3 Å². The Bertz CT molecular complexity index is 434. The lowest BCUT2D eigenvalue weighted by molar-refractivity contribution is -0.150. The van der Waals surface area contributed by atoms with E-state index in [0.717, 1.165) is 5.56 Å². The first kappa shape index (κ1) is 14.0. The molecule has 0 saturated heterocycles. The summed E-state index contributed by atoms with van der Waals surface area (Å²) < 4.78 is 9.67. The van der Waals surface area contributed by atoms with Crippen molar-refractivity contribution in [3.63, 3.8) is 0 Å². The molecule has 0 unspecified atom stereocenters. The van der Waals surface area contributed by atoms with Gasteiger partial charge in [-0.25, -0.2) is 9.59 Å². The first-order chi connectivity index (χ1) is 8.38. The maximum absolute atomic E-state index is 11.7. The molecule has 0 aliphatic rings. The molecule has 0 fully saturated rings. The van der Waals surface area contributed by atoms with Gasteiger partial charge in [-0.1, -0.05) is 0 Å². The topological polar surface area (TPSA) is 78.6 Å². The Balaban J connectivity index is 2.58. The van der Waals surface area contributed by atoms with Crippen molar-refractivity contribution in [2.45, 2.75) is 26.9 Å². The molecule has 0 radical (unpaired) electrons. The normalized spacial score (nSPS) is 10.2. The maximum Gasteiger partial charge on any atom is 0.344 e. The molecule has 0 bridgehead atoms. The van der Waals surface area contributed by atoms with Gasteiger partial charge >= 0.3 is 11.9 Å². The molecule has 1 rings (SSSR count). The van der Waals surface area contributed by atoms with E-state index in [1.807, 2.05) is 6.92 Å². The molecule has 0 heterocycles. The summed E-state index contributed by atoms with van der Waals surface area (Å²) in [5.74, 6) is -1.16. The summed E-state index contributed by atoms with van der Waals surface area (Å²) in [6.45, 7) is 4.87. The van der Waals surface area contributed by atoms with E-state index in [1.54, 1.807) is 26.0 Å². The van der Waals surface area contributed by atoms with Crippen LogP contribution >= 0.6 is 0 Å². The Morgan fingerprint density at radius 2 is 1.94 bits per heavy atom. The SMILES string of the molecule is Cc1cc(N)cc(C(=O)OCC(=O)OC(C)C)c1. The molecule has 0 aromatic heterocycles. The number of aryl methyl sites for hydroxylation is 1. The highest BCUT2D eigenvalue weighted by Gasteiger charge is 2.12. The minimum absolute atomic E-state index is 0.231. The van der Waals surface area contributed by atoms with Crippen LogP contribution in [0.2, 0.25) is 0 Å². The Morgan fingerprint density at radius 3 is 2.50 bits per heavy atom. The van der Waals surface area contributed by atoms with Crippen molar-refractivity contribution in [3.8, 4) is 0 Å². The fourth-order valence-corrected chi connectivity index (χ4v) is 1.44. The summed E-state index contributed by atoms with van der Waals surface area (Å²) in [7, 11) is 0. The van der Waals surface area contributed by atoms with Crippen LogP contribution in [0.3, 0.4) is 0 Å². The average molecular weight is 251 g/mol. The lowest BCUT2D eigenvalue weighted by Crippen LogP contribution is -2.19. The summed E-state index contributed by atoms with van der Waals surface area (Å²) in [6.07, 6.45) is -0.231. The molecular weight excluding hydrogens is 234 g/mol. The monoisotopic (exact) mass is 251 g/mol. The molecule has 0 atom stereocenters. The van der Waals surface area contributed by atoms with Gasteiger partial charge in [-0.05, 0) is 44.5 Å². The number of anilines is 1. The van der Waals surface area contributed by atoms with E-state index in [2.05, 4.69) is 0 Å². The van der Waals surface area contributed by atoms with Gasteiger partial charge in [0.05, 0.1) is 11.7 Å². The molecule has 0 saturated carbocycles. The molecule has 5 nitrogen and oxygen atoms in total. The van der Waals surface area contributed by atoms with Crippen LogP contribution in [0.25, 0.3) is 0 Å². The predicted molar refractivity (Wildman–Crippen MR) is 67.1 cm³/mol. The average Bonchev–Trinajstić information content (AvgIpc) is 2.23. The molecule has 0 aliphatic carbocycles. The van der Waals surface area contributed by atoms with E-state index < -0.39 is 18.5 Å². The lowest BCUT2D eigenvalue weighted by atomic mass is 10.1. The number of benzene rings is 1. The fraction of sp³-hybridized carbons (Fsp3) is 0.385. The maximum atomic E-state index is 11.7. The van der Waals surface area contributed by atoms with Crippen molar-refractivity contribution in [1.82, 2.24) is 0 Å². The molecule has 0 aliphatic heterocycles. The Morgan fingerprint density at radius 1 is 1.28 bits per heavy atom. The van der Waals surface area contributed by atoms with E-state index in [1.165, 1.54) is 6.07 Å². The number of hydrogen-bond acceptors (Lipinski definition) is 5. The molecule has 1 aromatic rings. The molecule has 2 N–H and O–H groups in total. The molecule has 18 heavy (non-hydrogen) atoms. The minimum Gasteiger partial charge on any atom is -0.460 e. The van der Waals surface area contributed by atoms with E-state index in [0.29, 0.717) is 11.3 Å². The van der Waals surface area contributed by atoms with E-state index in [4.69, 9.17) is 15.2 Å². The van der Waals surface area contributed by atoms with Gasteiger partial charge in [0.25, 0.3) is 0 Å². The number of esters is 2. The zero-order valence-electron chi connectivity index (χ0n) is 10.7. The molecule has 1 aromatic carbocycles. The fourth-order valence-electron chi connectivity index (χ4n) is 1.44. The summed E-state index contributed by atoms with van der Waals surface area (Å²) in [4.78, 5) is 22.9. The third-order valence-corrected chi connectivity index (χ3v) is 2.02. The number of rotatable bonds is 4. The molecular formula is C13H17NO4. The van der Waals surface area contributed by atoms with Gasteiger partial charge in [0.2, 0.25) is 0 Å². The largest absolute Gasteiger partial charge is 0.460 e. The third kappa shape index (κ3) is 4.45. The molecule has 0 spiro atoms. The quantitative estimate of drug-likeness (QED) is 0.650. The van der Waals surface area contributed by atoms with E-state index in [-0.39, 0.29) is 6.10 Å². The van der Waals surface area contributed by atoms with Gasteiger partial charge < -0.3 is 15.2 Å². The molecule has 98 valence electrons. The van der Waals surface area contributed by atoms with E-state index >= 15 is 0 Å². The highest BCUT2D eigenvalue weighted by Crippen LogP contribution is 2.12. The van der Waals surface area contributed by atoms with Crippen LogP contribution in [0.4, 0.5) is 5.69 Å². The van der Waals surface area contributed by atoms with Crippen molar-refractivity contribution in [1.29, 1.82) is 0 Å². The highest BCUT2D eigenvalue weighted by molar-refractivity contribution is 5.91. The van der Waals surface area contributed by atoms with Gasteiger partial charge in [-0.15, -0.1) is 0 Å². The first-order valence-corrected chi connectivity index (χ1v) is 5.62. The third-order valence-electron chi connectivity index (χ3n) is 2.02. The summed E-state index contributed by atoms with van der Waals surface area (Å²) in [5, 5.41) is 0. The first-order valence-electron chi connectivity index (χ1n) is 5.62. The number of carbonyl (C=O) groups is 2. The van der Waals surface area contributed by atoms with Crippen molar-refractivity contribution in [3.05, 3.63) is 29.3 Å². The summed E-state index contributed by atoms with van der Waals surface area (Å²) in [5.41, 5.74) is 7.28. The Labute approximate surface area is 106 Å². The number of nitrogen functional groups attached to an aromatic ring is 1. The predicted octanol–water partition coefficient (Wildman–Crippen LogP) is 1.69. The van der Waals surface area contributed by atoms with Crippen LogP contribution in [0.1, 0.15) is 29.8 Å². The van der Waals surface area contributed by atoms with Gasteiger partial charge in [0, 0.05) is 5.69 Å². The second-order valence-electron chi connectivity index (χ2n) is 4.25. The zero-order valence-corrected chi connectivity index (χ0v) is 10.7. The molecule has 5 heteroatoms. The summed E-state index contributed by atoms with van der Waals surface area (Å²) >= 11 is 0. The second-order valence-corrected chi connectivity index (χ2v) is 4.25. The Kier molecular flexibility index (Phi) is 4.71. The Hall–Kier alpha value is -2.04. The van der Waals surface area contributed by atoms with Crippen LogP contribution < -0.4 is 5.73 Å². The van der Waals surface area contributed by atoms with Gasteiger partial charge in [0.15, 0.2) is 6.61 Å². The zero-order chi connectivity index (χ0) is 13.7. The number of ether oxygens (including phenoxy) is 2. The van der Waals surface area contributed by atoms with Crippen molar-refractivity contribution in [2.75, 3.05) is 12.3 Å². The smallest absolute Gasteiger partial charge is 0.344 e. The van der Waals surface area contributed by atoms with Gasteiger partial charge in [-0.3, -0.25) is 0 Å². The van der Waals surface area contributed by atoms with Gasteiger partial charge in [0.1, 0.15) is 0 Å². The van der Waals surface area contributed by atoms with Crippen LogP contribution in [0.15, 0.2) is 18.2 Å². The van der Waals surface area contributed by atoms with Crippen molar-refractivity contribution in [2.24, 2.45) is 0 Å². The number of hydrogen-bond donors (Lipinski definition) is 1. The summed E-state index contributed by atoms with van der Waals surface area (Å²) in [6, 6.07) is 4.89. The van der Waals surface area contributed by atoms with Crippen LogP contribution in [0.5, 0.6) is 0 Å². The standard InChI is InChI=1S/C13H17NO4/c1-8(2)18-12(15)7-17-13(16)10-4-9(3)5-11(14)6-10/h4-6,8H,7,14H2,1-3H3. The second kappa shape index (κ2) is 6.05. The minimum atomic E-state index is -0.592. The van der Waals surface area contributed by atoms with Gasteiger partial charge in [-0.2, -0.15) is 0 Å². The highest BCUT2D eigenvalue weighted by atomic mass is 16.6. The van der Waals surface area contributed by atoms with Crippen LogP contribution in [-0.4, -0.2) is 24.6 Å². The van der Waals surface area contributed by atoms with Crippen molar-refractivity contribution >= 4 is 17.6 Å². The van der Waals surface area contributed by atoms with Crippen LogP contribution in [0, 0.1) is 6.92 Å². The number of nitrogens with two attached hydrogens (primary N) is 1.